The topological polar surface area (TPSA) is 76.4 Å². The summed E-state index contributed by atoms with van der Waals surface area (Å²) < 4.78 is 39.4. The van der Waals surface area contributed by atoms with Crippen LogP contribution in [0.15, 0.2) is 47.4 Å². The fourth-order valence-corrected chi connectivity index (χ4v) is 4.09. The average molecular weight is 403 g/mol. The molecule has 148 valence electrons. The van der Waals surface area contributed by atoms with E-state index in [2.05, 4.69) is 6.92 Å². The molecule has 0 atom stereocenters. The van der Waals surface area contributed by atoms with Crippen LogP contribution in [0.3, 0.4) is 0 Å². The van der Waals surface area contributed by atoms with E-state index in [4.69, 9.17) is 5.11 Å². The maximum Gasteiger partial charge on any atom is 0.307 e. The molecule has 0 amide bonds. The molecule has 28 heavy (non-hydrogen) atoms. The maximum atomic E-state index is 13.6. The molecule has 0 unspecified atom stereocenters. The Labute approximate surface area is 163 Å². The van der Waals surface area contributed by atoms with Gasteiger partial charge in [0, 0.05) is 29.4 Å². The molecule has 1 heterocycles. The monoisotopic (exact) mass is 403 g/mol. The predicted molar refractivity (Wildman–Crippen MR) is 106 cm³/mol. The van der Waals surface area contributed by atoms with E-state index in [1.807, 2.05) is 10.6 Å². The summed E-state index contributed by atoms with van der Waals surface area (Å²) in [6, 6.07) is 11.2. The van der Waals surface area contributed by atoms with Crippen LogP contribution in [0.25, 0.3) is 10.9 Å². The van der Waals surface area contributed by atoms with E-state index in [0.29, 0.717) is 12.1 Å². The Morgan fingerprint density at radius 3 is 2.50 bits per heavy atom. The highest BCUT2D eigenvalue weighted by Crippen LogP contribution is 2.26. The van der Waals surface area contributed by atoms with Gasteiger partial charge in [0.25, 0.3) is 0 Å². The fraction of sp³-hybridized carbons (Fsp3) is 0.286. The zero-order valence-electron chi connectivity index (χ0n) is 15.8. The molecule has 0 fully saturated rings. The Bertz CT molecular complexity index is 1150. The zero-order valence-corrected chi connectivity index (χ0v) is 16.6. The third-order valence-corrected chi connectivity index (χ3v) is 5.84. The Kier molecular flexibility index (Phi) is 5.56. The van der Waals surface area contributed by atoms with Gasteiger partial charge < -0.3 is 9.67 Å². The number of hydrogen-bond donors (Lipinski definition) is 1. The van der Waals surface area contributed by atoms with E-state index in [9.17, 15) is 17.6 Å². The smallest absolute Gasteiger partial charge is 0.307 e. The molecule has 0 aliphatic carbocycles. The number of carboxylic acids is 1. The van der Waals surface area contributed by atoms with Gasteiger partial charge in [-0.2, -0.15) is 0 Å². The van der Waals surface area contributed by atoms with Crippen molar-refractivity contribution in [2.45, 2.75) is 37.6 Å². The van der Waals surface area contributed by atoms with Crippen LogP contribution in [0.2, 0.25) is 0 Å². The molecule has 1 N–H and O–H groups in total. The van der Waals surface area contributed by atoms with Crippen molar-refractivity contribution in [2.75, 3.05) is 6.26 Å². The minimum Gasteiger partial charge on any atom is -0.481 e. The van der Waals surface area contributed by atoms with Crippen molar-refractivity contribution < 1.29 is 22.7 Å². The minimum atomic E-state index is -3.31. The molecule has 0 aliphatic rings. The Morgan fingerprint density at radius 1 is 1.11 bits per heavy atom. The minimum absolute atomic E-state index is 0.256. The van der Waals surface area contributed by atoms with Crippen LogP contribution >= 0.6 is 0 Å². The SMILES string of the molecule is CCCc1cc2cc(S(C)(=O)=O)ccc2n1Cc1ccc(F)cc1CC(=O)O. The van der Waals surface area contributed by atoms with Gasteiger partial charge >= 0.3 is 5.97 Å². The summed E-state index contributed by atoms with van der Waals surface area (Å²) in [5, 5.41) is 9.95. The molecule has 0 spiro atoms. The third-order valence-electron chi connectivity index (χ3n) is 4.73. The normalized spacial score (nSPS) is 11.8. The van der Waals surface area contributed by atoms with Crippen LogP contribution in [-0.2, 0) is 34.0 Å². The lowest BCUT2D eigenvalue weighted by molar-refractivity contribution is -0.136. The molecule has 3 aromatic rings. The molecular formula is C21H22FNO4S. The van der Waals surface area contributed by atoms with Crippen LogP contribution in [0, 0.1) is 5.82 Å². The first-order chi connectivity index (χ1) is 13.2. The molecule has 1 aromatic heterocycles. The van der Waals surface area contributed by atoms with Gasteiger partial charge in [-0.15, -0.1) is 0 Å². The average Bonchev–Trinajstić information content (AvgIpc) is 2.93. The first kappa shape index (κ1) is 20.1. The summed E-state index contributed by atoms with van der Waals surface area (Å²) >= 11 is 0. The first-order valence-electron chi connectivity index (χ1n) is 9.00. The molecule has 5 nitrogen and oxygen atoms in total. The number of nitrogens with zero attached hydrogens (tertiary/aromatic N) is 1. The van der Waals surface area contributed by atoms with Gasteiger partial charge in [0.15, 0.2) is 9.84 Å². The number of carboxylic acid groups (broad SMARTS) is 1. The number of aliphatic carboxylic acids is 1. The zero-order chi connectivity index (χ0) is 20.5. The highest BCUT2D eigenvalue weighted by molar-refractivity contribution is 7.90. The Hall–Kier alpha value is -2.67. The maximum absolute atomic E-state index is 13.6. The highest BCUT2D eigenvalue weighted by atomic mass is 32.2. The summed E-state index contributed by atoms with van der Waals surface area (Å²) in [7, 11) is -3.31. The van der Waals surface area contributed by atoms with E-state index in [0.717, 1.165) is 35.0 Å². The molecule has 0 radical (unpaired) electrons. The number of aryl methyl sites for hydroxylation is 1. The van der Waals surface area contributed by atoms with Crippen LogP contribution in [0.1, 0.15) is 30.2 Å². The number of carbonyl (C=O) groups is 1. The summed E-state index contributed by atoms with van der Waals surface area (Å²) in [5.74, 6) is -1.49. The van der Waals surface area contributed by atoms with E-state index in [1.165, 1.54) is 18.4 Å². The molecule has 0 bridgehead atoms. The highest BCUT2D eigenvalue weighted by Gasteiger charge is 2.15. The lowest BCUT2D eigenvalue weighted by atomic mass is 10.0. The van der Waals surface area contributed by atoms with Gasteiger partial charge in [0.2, 0.25) is 0 Å². The van der Waals surface area contributed by atoms with E-state index in [-0.39, 0.29) is 11.3 Å². The van der Waals surface area contributed by atoms with Crippen molar-refractivity contribution in [1.82, 2.24) is 4.57 Å². The van der Waals surface area contributed by atoms with E-state index in [1.54, 1.807) is 24.3 Å². The Balaban J connectivity index is 2.12. The largest absolute Gasteiger partial charge is 0.481 e. The van der Waals surface area contributed by atoms with Crippen molar-refractivity contribution in [2.24, 2.45) is 0 Å². The van der Waals surface area contributed by atoms with Gasteiger partial charge in [-0.1, -0.05) is 19.4 Å². The van der Waals surface area contributed by atoms with Crippen LogP contribution in [0.4, 0.5) is 4.39 Å². The molecule has 2 aromatic carbocycles. The first-order valence-corrected chi connectivity index (χ1v) is 10.9. The number of sulfone groups is 1. The van der Waals surface area contributed by atoms with E-state index >= 15 is 0 Å². The molecule has 7 heteroatoms. The van der Waals surface area contributed by atoms with Gasteiger partial charge in [-0.05, 0) is 53.9 Å². The third kappa shape index (κ3) is 4.25. The van der Waals surface area contributed by atoms with Crippen molar-refractivity contribution in [1.29, 1.82) is 0 Å². The number of halogens is 1. The van der Waals surface area contributed by atoms with Crippen LogP contribution in [0.5, 0.6) is 0 Å². The molecule has 0 aliphatic heterocycles. The summed E-state index contributed by atoms with van der Waals surface area (Å²) in [5.41, 5.74) is 3.05. The molecule has 0 saturated heterocycles. The number of fused-ring (bicyclic) bond motifs is 1. The van der Waals surface area contributed by atoms with Gasteiger partial charge in [-0.25, -0.2) is 12.8 Å². The number of aromatic nitrogens is 1. The van der Waals surface area contributed by atoms with Crippen LogP contribution in [-0.4, -0.2) is 30.3 Å². The standard InChI is InChI=1S/C21H22FNO4S/c1-3-4-18-10-16-11-19(28(2,26)27)7-8-20(16)23(18)13-14-5-6-17(22)9-15(14)12-21(24)25/h5-11H,3-4,12-13H2,1-2H3,(H,24,25). The summed E-state index contributed by atoms with van der Waals surface area (Å²) in [4.78, 5) is 11.4. The van der Waals surface area contributed by atoms with Crippen molar-refractivity contribution in [3.8, 4) is 0 Å². The van der Waals surface area contributed by atoms with Crippen molar-refractivity contribution in [3.63, 3.8) is 0 Å². The fourth-order valence-electron chi connectivity index (χ4n) is 3.43. The lowest BCUT2D eigenvalue weighted by Crippen LogP contribution is -2.10. The quantitative estimate of drug-likeness (QED) is 0.651. The second-order valence-corrected chi connectivity index (χ2v) is 8.96. The van der Waals surface area contributed by atoms with E-state index < -0.39 is 21.6 Å². The summed E-state index contributed by atoms with van der Waals surface area (Å²) in [6.07, 6.45) is 2.61. The second kappa shape index (κ2) is 7.75. The molecule has 3 rings (SSSR count). The summed E-state index contributed by atoms with van der Waals surface area (Å²) in [6.45, 7) is 2.44. The number of benzene rings is 2. The predicted octanol–water partition coefficient (Wildman–Crippen LogP) is 3.81. The van der Waals surface area contributed by atoms with Crippen molar-refractivity contribution in [3.05, 3.63) is 65.1 Å². The molecular weight excluding hydrogens is 381 g/mol. The van der Waals surface area contributed by atoms with Gasteiger partial charge in [-0.3, -0.25) is 4.79 Å². The second-order valence-electron chi connectivity index (χ2n) is 6.95. The lowest BCUT2D eigenvalue weighted by Gasteiger charge is -2.14. The number of hydrogen-bond acceptors (Lipinski definition) is 3. The van der Waals surface area contributed by atoms with Crippen LogP contribution < -0.4 is 0 Å². The van der Waals surface area contributed by atoms with Gasteiger partial charge in [0.1, 0.15) is 5.82 Å². The number of rotatable bonds is 7. The van der Waals surface area contributed by atoms with Gasteiger partial charge in [0.05, 0.1) is 11.3 Å². The van der Waals surface area contributed by atoms with Crippen molar-refractivity contribution >= 4 is 26.7 Å². The Morgan fingerprint density at radius 2 is 1.86 bits per heavy atom. The molecule has 0 saturated carbocycles.